The molecule has 0 aromatic heterocycles. The van der Waals surface area contributed by atoms with Gasteiger partial charge in [0.1, 0.15) is 0 Å². The molecule has 1 amide bonds. The van der Waals surface area contributed by atoms with Gasteiger partial charge in [-0.25, -0.2) is 0 Å². The highest BCUT2D eigenvalue weighted by molar-refractivity contribution is 7.98. The number of rotatable bonds is 8. The van der Waals surface area contributed by atoms with Crippen LogP contribution in [0.5, 0.6) is 0 Å². The Hall–Kier alpha value is -0.620. The molecule has 118 valence electrons. The number of nitrogen functional groups attached to an aromatic ring is 1. The molecule has 0 aliphatic heterocycles. The van der Waals surface area contributed by atoms with Crippen LogP contribution < -0.4 is 11.1 Å². The zero-order valence-electron chi connectivity index (χ0n) is 12.3. The first-order valence-electron chi connectivity index (χ1n) is 6.66. The minimum Gasteiger partial charge on any atom is -0.399 e. The van der Waals surface area contributed by atoms with Crippen LogP contribution in [0.15, 0.2) is 12.1 Å². The first kappa shape index (κ1) is 18.4. The van der Waals surface area contributed by atoms with Crippen LogP contribution >= 0.6 is 35.0 Å². The molecule has 3 N–H and O–H groups in total. The van der Waals surface area contributed by atoms with Crippen molar-refractivity contribution >= 4 is 52.2 Å². The van der Waals surface area contributed by atoms with E-state index in [0.29, 0.717) is 27.8 Å². The minimum absolute atomic E-state index is 0.0955. The van der Waals surface area contributed by atoms with Gasteiger partial charge in [-0.3, -0.25) is 4.79 Å². The number of halogens is 2. The van der Waals surface area contributed by atoms with E-state index < -0.39 is 0 Å². The van der Waals surface area contributed by atoms with E-state index in [2.05, 4.69) is 23.5 Å². The van der Waals surface area contributed by atoms with Gasteiger partial charge in [0, 0.05) is 24.4 Å². The molecular formula is C14H21Cl2N3OS. The fourth-order valence-electron chi connectivity index (χ4n) is 1.78. The maximum Gasteiger partial charge on any atom is 0.224 e. The van der Waals surface area contributed by atoms with Gasteiger partial charge in [-0.05, 0) is 38.4 Å². The van der Waals surface area contributed by atoms with Crippen LogP contribution in [0.1, 0.15) is 12.8 Å². The van der Waals surface area contributed by atoms with Crippen LogP contribution in [0.3, 0.4) is 0 Å². The maximum absolute atomic E-state index is 11.9. The summed E-state index contributed by atoms with van der Waals surface area (Å²) < 4.78 is 0. The van der Waals surface area contributed by atoms with Gasteiger partial charge in [0.25, 0.3) is 0 Å². The smallest absolute Gasteiger partial charge is 0.224 e. The summed E-state index contributed by atoms with van der Waals surface area (Å²) >= 11 is 13.9. The highest BCUT2D eigenvalue weighted by Crippen LogP contribution is 2.32. The number of nitrogens with two attached hydrogens (primary N) is 1. The molecular weight excluding hydrogens is 329 g/mol. The van der Waals surface area contributed by atoms with Crippen LogP contribution in [0, 0.1) is 0 Å². The van der Waals surface area contributed by atoms with Crippen molar-refractivity contribution in [3.8, 4) is 0 Å². The average molecular weight is 350 g/mol. The first-order valence-corrected chi connectivity index (χ1v) is 8.81. The average Bonchev–Trinajstić information content (AvgIpc) is 2.40. The zero-order valence-corrected chi connectivity index (χ0v) is 14.6. The number of nitrogens with zero attached hydrogens (tertiary/aromatic N) is 1. The molecule has 0 aliphatic carbocycles. The second-order valence-electron chi connectivity index (χ2n) is 4.81. The number of nitrogens with one attached hydrogen (secondary N) is 1. The van der Waals surface area contributed by atoms with Gasteiger partial charge in [-0.2, -0.15) is 11.8 Å². The Balaban J connectivity index is 2.41. The predicted molar refractivity (Wildman–Crippen MR) is 94.6 cm³/mol. The standard InChI is InChI=1S/C14H21Cl2N3OS/c1-19(6-7-21-2)5-3-4-13(20)18-14-11(15)8-10(17)9-12(14)16/h8-9H,3-7,17H2,1-2H3,(H,18,20). The number of thioether (sulfide) groups is 1. The monoisotopic (exact) mass is 349 g/mol. The number of carbonyl (C=O) groups excluding carboxylic acids is 1. The van der Waals surface area contributed by atoms with E-state index in [1.807, 2.05) is 11.8 Å². The molecule has 0 saturated heterocycles. The van der Waals surface area contributed by atoms with Gasteiger partial charge >= 0.3 is 0 Å². The van der Waals surface area contributed by atoms with Crippen molar-refractivity contribution in [2.45, 2.75) is 12.8 Å². The number of hydrogen-bond acceptors (Lipinski definition) is 4. The number of anilines is 2. The van der Waals surface area contributed by atoms with Crippen molar-refractivity contribution in [3.63, 3.8) is 0 Å². The lowest BCUT2D eigenvalue weighted by molar-refractivity contribution is -0.116. The van der Waals surface area contributed by atoms with E-state index in [4.69, 9.17) is 28.9 Å². The second-order valence-corrected chi connectivity index (χ2v) is 6.61. The van der Waals surface area contributed by atoms with Gasteiger partial charge in [-0.15, -0.1) is 0 Å². The van der Waals surface area contributed by atoms with Crippen LogP contribution in [0.2, 0.25) is 10.0 Å². The molecule has 0 heterocycles. The van der Waals surface area contributed by atoms with E-state index in [-0.39, 0.29) is 5.91 Å². The van der Waals surface area contributed by atoms with Crippen LogP contribution in [-0.4, -0.2) is 43.0 Å². The molecule has 0 unspecified atom stereocenters. The molecule has 1 aromatic rings. The van der Waals surface area contributed by atoms with Crippen molar-refractivity contribution in [1.29, 1.82) is 0 Å². The summed E-state index contributed by atoms with van der Waals surface area (Å²) in [5.41, 5.74) is 6.52. The van der Waals surface area contributed by atoms with Crippen molar-refractivity contribution in [3.05, 3.63) is 22.2 Å². The molecule has 0 radical (unpaired) electrons. The fraction of sp³-hybridized carbons (Fsp3) is 0.500. The molecule has 0 aliphatic rings. The van der Waals surface area contributed by atoms with E-state index in [1.165, 1.54) is 0 Å². The molecule has 0 fully saturated rings. The van der Waals surface area contributed by atoms with Crippen molar-refractivity contribution in [2.24, 2.45) is 0 Å². The van der Waals surface area contributed by atoms with Crippen LogP contribution in [-0.2, 0) is 4.79 Å². The van der Waals surface area contributed by atoms with Gasteiger partial charge in [0.15, 0.2) is 0 Å². The van der Waals surface area contributed by atoms with Crippen molar-refractivity contribution < 1.29 is 4.79 Å². The van der Waals surface area contributed by atoms with Crippen LogP contribution in [0.25, 0.3) is 0 Å². The third-order valence-electron chi connectivity index (χ3n) is 2.95. The lowest BCUT2D eigenvalue weighted by atomic mass is 10.2. The molecule has 0 bridgehead atoms. The van der Waals surface area contributed by atoms with E-state index >= 15 is 0 Å². The van der Waals surface area contributed by atoms with Crippen molar-refractivity contribution in [2.75, 3.05) is 43.2 Å². The SMILES string of the molecule is CSCCN(C)CCCC(=O)Nc1c(Cl)cc(N)cc1Cl. The molecule has 1 rings (SSSR count). The maximum atomic E-state index is 11.9. The lowest BCUT2D eigenvalue weighted by Gasteiger charge is -2.15. The van der Waals surface area contributed by atoms with Gasteiger partial charge in [0.2, 0.25) is 5.91 Å². The van der Waals surface area contributed by atoms with Crippen LogP contribution in [0.4, 0.5) is 11.4 Å². The largest absolute Gasteiger partial charge is 0.399 e. The molecule has 21 heavy (non-hydrogen) atoms. The Kier molecular flexibility index (Phi) is 8.26. The summed E-state index contributed by atoms with van der Waals surface area (Å²) in [5, 5.41) is 3.45. The number of benzene rings is 1. The van der Waals surface area contributed by atoms with E-state index in [0.717, 1.165) is 25.3 Å². The quantitative estimate of drug-likeness (QED) is 0.704. The lowest BCUT2D eigenvalue weighted by Crippen LogP contribution is -2.23. The number of hydrogen-bond donors (Lipinski definition) is 2. The Labute approximate surface area is 140 Å². The highest BCUT2D eigenvalue weighted by Gasteiger charge is 2.11. The summed E-state index contributed by atoms with van der Waals surface area (Å²) in [7, 11) is 2.06. The third-order valence-corrected chi connectivity index (χ3v) is 4.14. The molecule has 1 aromatic carbocycles. The molecule has 0 atom stereocenters. The Morgan fingerprint density at radius 2 is 1.95 bits per heavy atom. The van der Waals surface area contributed by atoms with Crippen molar-refractivity contribution in [1.82, 2.24) is 4.90 Å². The summed E-state index contributed by atoms with van der Waals surface area (Å²) in [4.78, 5) is 14.1. The van der Waals surface area contributed by atoms with Gasteiger partial charge in [-0.1, -0.05) is 23.2 Å². The van der Waals surface area contributed by atoms with Gasteiger partial charge < -0.3 is 16.0 Å². The molecule has 0 saturated carbocycles. The third kappa shape index (κ3) is 6.78. The fourth-order valence-corrected chi connectivity index (χ4v) is 2.88. The second kappa shape index (κ2) is 9.41. The van der Waals surface area contributed by atoms with Gasteiger partial charge in [0.05, 0.1) is 15.7 Å². The summed E-state index contributed by atoms with van der Waals surface area (Å²) in [6, 6.07) is 3.14. The number of carbonyl (C=O) groups is 1. The molecule has 4 nitrogen and oxygen atoms in total. The summed E-state index contributed by atoms with van der Waals surface area (Å²) in [6.45, 7) is 1.91. The Morgan fingerprint density at radius 3 is 2.52 bits per heavy atom. The summed E-state index contributed by atoms with van der Waals surface area (Å²) in [5.74, 6) is 1.00. The Bertz CT molecular complexity index is 462. The number of amides is 1. The summed E-state index contributed by atoms with van der Waals surface area (Å²) in [6.07, 6.45) is 3.31. The van der Waals surface area contributed by atoms with E-state index in [1.54, 1.807) is 12.1 Å². The first-order chi connectivity index (χ1) is 9.93. The highest BCUT2D eigenvalue weighted by atomic mass is 35.5. The van der Waals surface area contributed by atoms with E-state index in [9.17, 15) is 4.79 Å². The topological polar surface area (TPSA) is 58.4 Å². The normalized spacial score (nSPS) is 10.9. The molecule has 7 heteroatoms. The zero-order chi connectivity index (χ0) is 15.8. The predicted octanol–water partition coefficient (Wildman–Crippen LogP) is 3.59. The minimum atomic E-state index is -0.0955. The molecule has 0 spiro atoms. The Morgan fingerprint density at radius 1 is 1.33 bits per heavy atom.